The van der Waals surface area contributed by atoms with Gasteiger partial charge in [-0.1, -0.05) is 15.9 Å². The number of alkyl halides is 1. The minimum atomic E-state index is 0.120. The first-order valence-electron chi connectivity index (χ1n) is 2.11. The lowest BCUT2D eigenvalue weighted by molar-refractivity contribution is 1.51. The van der Waals surface area contributed by atoms with E-state index in [1.165, 1.54) is 0 Å². The smallest absolute Gasteiger partial charge is 0.108 e. The first-order valence-corrected chi connectivity index (χ1v) is 4.40. The summed E-state index contributed by atoms with van der Waals surface area (Å²) in [5.74, 6) is 0. The maximum Gasteiger partial charge on any atom is 0.108 e. The van der Waals surface area contributed by atoms with Crippen molar-refractivity contribution in [2.75, 3.05) is 0 Å². The summed E-state index contributed by atoms with van der Waals surface area (Å²) in [5, 5.41) is 1.99. The summed E-state index contributed by atoms with van der Waals surface area (Å²) >= 11 is 10.6. The number of hydrogen-bond donors (Lipinski definition) is 0. The fourth-order valence-electron chi connectivity index (χ4n) is 0.427. The molecular formula is C5H4BrClS. The molecule has 0 spiro atoms. The largest absolute Gasteiger partial charge is 0.109 e. The van der Waals surface area contributed by atoms with Gasteiger partial charge < -0.3 is 0 Å². The molecule has 1 rings (SSSR count). The van der Waals surface area contributed by atoms with Gasteiger partial charge in [-0.25, -0.2) is 0 Å². The predicted octanol–water partition coefficient (Wildman–Crippen LogP) is 3.09. The number of thioether (sulfide) groups is 1. The highest BCUT2D eigenvalue weighted by Gasteiger charge is 2.11. The van der Waals surface area contributed by atoms with Crippen molar-refractivity contribution < 1.29 is 0 Å². The predicted molar refractivity (Wildman–Crippen MR) is 43.4 cm³/mol. The third kappa shape index (κ3) is 1.30. The van der Waals surface area contributed by atoms with E-state index in [2.05, 4.69) is 15.9 Å². The van der Waals surface area contributed by atoms with Crippen molar-refractivity contribution in [2.24, 2.45) is 0 Å². The highest BCUT2D eigenvalue weighted by atomic mass is 79.9. The number of allylic oxidation sites excluding steroid dienone is 1. The van der Waals surface area contributed by atoms with Crippen molar-refractivity contribution >= 4 is 39.3 Å². The second-order valence-electron chi connectivity index (χ2n) is 1.36. The third-order valence-corrected chi connectivity index (χ3v) is 2.74. The van der Waals surface area contributed by atoms with Crippen molar-refractivity contribution in [3.05, 3.63) is 22.0 Å². The molecule has 8 heavy (non-hydrogen) atoms. The molecule has 0 aliphatic carbocycles. The van der Waals surface area contributed by atoms with Gasteiger partial charge in [0.2, 0.25) is 0 Å². The molecule has 0 saturated carbocycles. The molecule has 0 amide bonds. The zero-order valence-corrected chi connectivity index (χ0v) is 7.13. The van der Waals surface area contributed by atoms with Crippen LogP contribution in [0.3, 0.4) is 0 Å². The Morgan fingerprint density at radius 2 is 2.62 bits per heavy atom. The highest BCUT2D eigenvalue weighted by Crippen LogP contribution is 2.32. The van der Waals surface area contributed by atoms with Crippen LogP contribution in [0.5, 0.6) is 0 Å². The fourth-order valence-corrected chi connectivity index (χ4v) is 2.16. The molecule has 1 atom stereocenters. The normalized spacial score (nSPS) is 32.2. The van der Waals surface area contributed by atoms with Gasteiger partial charge in [0, 0.05) is 0 Å². The molecule has 3 heteroatoms. The Morgan fingerprint density at radius 1 is 1.88 bits per heavy atom. The van der Waals surface area contributed by atoms with Crippen molar-refractivity contribution in [2.45, 2.75) is 4.71 Å². The maximum absolute atomic E-state index is 5.78. The molecule has 0 saturated heterocycles. The number of halogens is 2. The number of rotatable bonds is 0. The van der Waals surface area contributed by atoms with E-state index < -0.39 is 0 Å². The van der Waals surface area contributed by atoms with Gasteiger partial charge in [0.15, 0.2) is 0 Å². The second-order valence-corrected chi connectivity index (χ2v) is 3.53. The summed E-state index contributed by atoms with van der Waals surface area (Å²) in [7, 11) is 0. The summed E-state index contributed by atoms with van der Waals surface area (Å²) in [5.41, 5.74) is 1.14. The maximum atomic E-state index is 5.78. The summed E-state index contributed by atoms with van der Waals surface area (Å²) in [6.07, 6.45) is 2.00. The Balaban J connectivity index is 2.67. The molecule has 0 bridgehead atoms. The van der Waals surface area contributed by atoms with Gasteiger partial charge in [-0.15, -0.1) is 23.4 Å². The molecule has 0 N–H and O–H groups in total. The Kier molecular flexibility index (Phi) is 2.47. The molecule has 1 unspecified atom stereocenters. The fraction of sp³-hybridized carbons (Fsp3) is 0.200. The van der Waals surface area contributed by atoms with Gasteiger partial charge in [0.05, 0.1) is 0 Å². The monoisotopic (exact) mass is 210 g/mol. The van der Waals surface area contributed by atoms with Crippen LogP contribution in [-0.2, 0) is 0 Å². The van der Waals surface area contributed by atoms with Gasteiger partial charge >= 0.3 is 0 Å². The van der Waals surface area contributed by atoms with Crippen LogP contribution < -0.4 is 0 Å². The average molecular weight is 212 g/mol. The molecular weight excluding hydrogens is 207 g/mol. The lowest BCUT2D eigenvalue weighted by Gasteiger charge is -1.95. The van der Waals surface area contributed by atoms with Crippen molar-refractivity contribution in [3.8, 4) is 0 Å². The van der Waals surface area contributed by atoms with E-state index in [1.54, 1.807) is 11.8 Å². The summed E-state index contributed by atoms with van der Waals surface area (Å²) < 4.78 is 0.120. The summed E-state index contributed by atoms with van der Waals surface area (Å²) in [4.78, 5) is 1.85. The molecule has 0 fully saturated rings. The molecule has 0 nitrogen and oxygen atoms in total. The Labute approximate surface area is 66.1 Å². The zero-order valence-electron chi connectivity index (χ0n) is 3.97. The Bertz CT molecular complexity index is 141. The molecule has 1 aliphatic rings. The molecule has 44 valence electrons. The van der Waals surface area contributed by atoms with E-state index >= 15 is 0 Å². The molecule has 0 aromatic carbocycles. The van der Waals surface area contributed by atoms with E-state index in [9.17, 15) is 0 Å². The van der Waals surface area contributed by atoms with Crippen molar-refractivity contribution in [1.82, 2.24) is 0 Å². The Hall–Kier alpha value is 0.600. The van der Waals surface area contributed by atoms with Gasteiger partial charge in [0.25, 0.3) is 0 Å². The van der Waals surface area contributed by atoms with Crippen molar-refractivity contribution in [3.63, 3.8) is 0 Å². The van der Waals surface area contributed by atoms with Gasteiger partial charge in [0.1, 0.15) is 4.71 Å². The van der Waals surface area contributed by atoms with Crippen LogP contribution in [-0.4, -0.2) is 4.71 Å². The summed E-state index contributed by atoms with van der Waals surface area (Å²) in [6, 6.07) is 0. The van der Waals surface area contributed by atoms with Crippen LogP contribution in [0, 0.1) is 0 Å². The van der Waals surface area contributed by atoms with Gasteiger partial charge in [-0.3, -0.25) is 0 Å². The first-order chi connectivity index (χ1) is 3.84. The molecule has 0 radical (unpaired) electrons. The van der Waals surface area contributed by atoms with Crippen LogP contribution in [0.25, 0.3) is 0 Å². The quantitative estimate of drug-likeness (QED) is 0.555. The minimum Gasteiger partial charge on any atom is -0.109 e. The average Bonchev–Trinajstić information content (AvgIpc) is 2.14. The van der Waals surface area contributed by atoms with Gasteiger partial charge in [-0.2, -0.15) is 0 Å². The highest BCUT2D eigenvalue weighted by molar-refractivity contribution is 9.11. The van der Waals surface area contributed by atoms with Crippen LogP contribution in [0.15, 0.2) is 22.0 Å². The van der Waals surface area contributed by atoms with Gasteiger partial charge in [-0.05, 0) is 22.0 Å². The van der Waals surface area contributed by atoms with E-state index in [0.717, 1.165) is 5.57 Å². The number of hydrogen-bond acceptors (Lipinski definition) is 1. The van der Waals surface area contributed by atoms with Crippen molar-refractivity contribution in [1.29, 1.82) is 0 Å². The third-order valence-electron chi connectivity index (χ3n) is 0.847. The molecule has 1 heterocycles. The summed E-state index contributed by atoms with van der Waals surface area (Å²) in [6.45, 7) is 0. The lowest BCUT2D eigenvalue weighted by Crippen LogP contribution is -1.85. The van der Waals surface area contributed by atoms with E-state index in [0.29, 0.717) is 0 Å². The lowest BCUT2D eigenvalue weighted by atomic mass is 10.4. The Morgan fingerprint density at radius 3 is 2.88 bits per heavy atom. The molecule has 0 aromatic rings. The second kappa shape index (κ2) is 2.95. The van der Waals surface area contributed by atoms with E-state index in [1.807, 2.05) is 16.5 Å². The van der Waals surface area contributed by atoms with Crippen LogP contribution >= 0.6 is 39.3 Å². The standard InChI is InChI=1S/C5H4BrClS/c6-3-4-1-2-8-5(4)7/h1-3,5H. The van der Waals surface area contributed by atoms with Crippen LogP contribution in [0.1, 0.15) is 0 Å². The van der Waals surface area contributed by atoms with Crippen LogP contribution in [0.4, 0.5) is 0 Å². The zero-order chi connectivity index (χ0) is 5.98. The SMILES string of the molecule is ClC1SC=CC1=CBr. The molecule has 1 aliphatic heterocycles. The minimum absolute atomic E-state index is 0.120. The topological polar surface area (TPSA) is 0 Å². The molecule has 0 aromatic heterocycles. The van der Waals surface area contributed by atoms with E-state index in [-0.39, 0.29) is 4.71 Å². The van der Waals surface area contributed by atoms with Crippen LogP contribution in [0.2, 0.25) is 0 Å². The first kappa shape index (κ1) is 6.72. The van der Waals surface area contributed by atoms with E-state index in [4.69, 9.17) is 11.6 Å².